The van der Waals surface area contributed by atoms with E-state index in [1.54, 1.807) is 0 Å². The van der Waals surface area contributed by atoms with E-state index in [1.165, 1.54) is 25.9 Å². The van der Waals surface area contributed by atoms with Gasteiger partial charge in [0.05, 0.1) is 0 Å². The molecule has 122 valence electrons. The first kappa shape index (κ1) is 16.8. The third-order valence-corrected chi connectivity index (χ3v) is 5.63. The predicted octanol–water partition coefficient (Wildman–Crippen LogP) is 3.25. The Morgan fingerprint density at radius 2 is 1.57 bits per heavy atom. The molecular formula is C18H34N2O. The molecular weight excluding hydrogens is 260 g/mol. The van der Waals surface area contributed by atoms with Gasteiger partial charge in [-0.1, -0.05) is 27.7 Å². The van der Waals surface area contributed by atoms with Crippen molar-refractivity contribution in [2.24, 2.45) is 23.7 Å². The average Bonchev–Trinajstić information content (AvgIpc) is 2.40. The minimum Gasteiger partial charge on any atom is -0.343 e. The Morgan fingerprint density at radius 3 is 2.10 bits per heavy atom. The van der Waals surface area contributed by atoms with Gasteiger partial charge in [0.25, 0.3) is 0 Å². The number of rotatable bonds is 6. The molecule has 2 aliphatic heterocycles. The van der Waals surface area contributed by atoms with Crippen LogP contribution in [0.1, 0.15) is 53.4 Å². The van der Waals surface area contributed by atoms with E-state index in [0.717, 1.165) is 56.1 Å². The van der Waals surface area contributed by atoms with Crippen molar-refractivity contribution in [1.82, 2.24) is 9.80 Å². The third-order valence-electron chi connectivity index (χ3n) is 5.63. The van der Waals surface area contributed by atoms with Crippen LogP contribution in [-0.2, 0) is 4.79 Å². The first-order chi connectivity index (χ1) is 9.97. The number of piperidine rings is 1. The van der Waals surface area contributed by atoms with Crippen molar-refractivity contribution in [2.45, 2.75) is 53.4 Å². The summed E-state index contributed by atoms with van der Waals surface area (Å²) in [5.74, 6) is 3.67. The molecule has 2 fully saturated rings. The molecule has 0 atom stereocenters. The van der Waals surface area contributed by atoms with Crippen LogP contribution in [0.3, 0.4) is 0 Å². The molecule has 1 amide bonds. The Bertz CT molecular complexity index is 326. The van der Waals surface area contributed by atoms with Gasteiger partial charge in [-0.2, -0.15) is 0 Å². The summed E-state index contributed by atoms with van der Waals surface area (Å²) in [6.07, 6.45) is 4.18. The smallest absolute Gasteiger partial charge is 0.222 e. The van der Waals surface area contributed by atoms with Crippen LogP contribution in [0, 0.1) is 23.7 Å². The van der Waals surface area contributed by atoms with E-state index in [9.17, 15) is 4.79 Å². The molecule has 2 heterocycles. The normalized spacial score (nSPS) is 22.1. The highest BCUT2D eigenvalue weighted by Gasteiger charge is 2.29. The lowest BCUT2D eigenvalue weighted by molar-refractivity contribution is -0.133. The maximum absolute atomic E-state index is 12.2. The lowest BCUT2D eigenvalue weighted by Crippen LogP contribution is -2.49. The number of likely N-dealkylation sites (tertiary alicyclic amines) is 2. The Labute approximate surface area is 131 Å². The Morgan fingerprint density at radius 1 is 1.00 bits per heavy atom. The van der Waals surface area contributed by atoms with Crippen molar-refractivity contribution in [3.63, 3.8) is 0 Å². The molecule has 0 aromatic rings. The number of carbonyl (C=O) groups is 1. The summed E-state index contributed by atoms with van der Waals surface area (Å²) < 4.78 is 0. The van der Waals surface area contributed by atoms with Crippen LogP contribution in [0.5, 0.6) is 0 Å². The number of nitrogens with zero attached hydrogens (tertiary/aromatic N) is 2. The number of hydrogen-bond donors (Lipinski definition) is 0. The van der Waals surface area contributed by atoms with E-state index >= 15 is 0 Å². The Balaban J connectivity index is 1.56. The molecule has 2 saturated heterocycles. The number of amides is 1. The standard InChI is InChI=1S/C18H34N2O/c1-14(2)16-7-10-20(11-8-16)18(21)6-5-9-19-12-17(13-19)15(3)4/h14-17H,5-13H2,1-4H3. The highest BCUT2D eigenvalue weighted by atomic mass is 16.2. The molecule has 0 saturated carbocycles. The molecule has 0 bridgehead atoms. The first-order valence-electron chi connectivity index (χ1n) is 8.97. The summed E-state index contributed by atoms with van der Waals surface area (Å²) in [5.41, 5.74) is 0. The lowest BCUT2D eigenvalue weighted by Gasteiger charge is -2.41. The SMILES string of the molecule is CC(C)C1CCN(C(=O)CCCN2CC(C(C)C)C2)CC1. The second-order valence-corrected chi connectivity index (χ2v) is 7.83. The van der Waals surface area contributed by atoms with Crippen LogP contribution in [-0.4, -0.2) is 48.4 Å². The second-order valence-electron chi connectivity index (χ2n) is 7.83. The minimum absolute atomic E-state index is 0.387. The fourth-order valence-corrected chi connectivity index (χ4v) is 3.64. The van der Waals surface area contributed by atoms with Crippen molar-refractivity contribution in [3.8, 4) is 0 Å². The van der Waals surface area contributed by atoms with Crippen molar-refractivity contribution < 1.29 is 4.79 Å². The van der Waals surface area contributed by atoms with Gasteiger partial charge in [0.15, 0.2) is 0 Å². The van der Waals surface area contributed by atoms with E-state index in [1.807, 2.05) is 0 Å². The highest BCUT2D eigenvalue weighted by molar-refractivity contribution is 5.76. The van der Waals surface area contributed by atoms with E-state index in [-0.39, 0.29) is 0 Å². The summed E-state index contributed by atoms with van der Waals surface area (Å²) in [6.45, 7) is 14.8. The molecule has 0 aliphatic carbocycles. The molecule has 0 aromatic carbocycles. The van der Waals surface area contributed by atoms with Gasteiger partial charge in [-0.05, 0) is 49.5 Å². The third kappa shape index (κ3) is 4.70. The van der Waals surface area contributed by atoms with Gasteiger partial charge in [0.1, 0.15) is 0 Å². The van der Waals surface area contributed by atoms with E-state index < -0.39 is 0 Å². The molecule has 3 nitrogen and oxygen atoms in total. The fraction of sp³-hybridized carbons (Fsp3) is 0.944. The van der Waals surface area contributed by atoms with Gasteiger partial charge in [-0.25, -0.2) is 0 Å². The molecule has 21 heavy (non-hydrogen) atoms. The van der Waals surface area contributed by atoms with Crippen LogP contribution >= 0.6 is 0 Å². The van der Waals surface area contributed by atoms with Crippen LogP contribution in [0.15, 0.2) is 0 Å². The molecule has 3 heteroatoms. The summed E-state index contributed by atoms with van der Waals surface area (Å²) in [7, 11) is 0. The van der Waals surface area contributed by atoms with Gasteiger partial charge in [0, 0.05) is 32.6 Å². The van der Waals surface area contributed by atoms with Crippen molar-refractivity contribution >= 4 is 5.91 Å². The van der Waals surface area contributed by atoms with Crippen molar-refractivity contribution in [1.29, 1.82) is 0 Å². The van der Waals surface area contributed by atoms with Crippen LogP contribution < -0.4 is 0 Å². The van der Waals surface area contributed by atoms with Crippen LogP contribution in [0.4, 0.5) is 0 Å². The van der Waals surface area contributed by atoms with Gasteiger partial charge < -0.3 is 9.80 Å². The van der Waals surface area contributed by atoms with Gasteiger partial charge in [-0.3, -0.25) is 4.79 Å². The Kier molecular flexibility index (Phi) is 6.09. The molecule has 0 unspecified atom stereocenters. The lowest BCUT2D eigenvalue weighted by atomic mass is 9.86. The maximum Gasteiger partial charge on any atom is 0.222 e. The second kappa shape index (κ2) is 7.62. The first-order valence-corrected chi connectivity index (χ1v) is 8.97. The van der Waals surface area contributed by atoms with Crippen molar-refractivity contribution in [2.75, 3.05) is 32.7 Å². The summed E-state index contributed by atoms with van der Waals surface area (Å²) in [5, 5.41) is 0. The van der Waals surface area contributed by atoms with Gasteiger partial charge in [-0.15, -0.1) is 0 Å². The number of hydrogen-bond acceptors (Lipinski definition) is 2. The topological polar surface area (TPSA) is 23.6 Å². The molecule has 2 rings (SSSR count). The highest BCUT2D eigenvalue weighted by Crippen LogP contribution is 2.25. The molecule has 0 N–H and O–H groups in total. The summed E-state index contributed by atoms with van der Waals surface area (Å²) >= 11 is 0. The predicted molar refractivity (Wildman–Crippen MR) is 88.1 cm³/mol. The average molecular weight is 294 g/mol. The van der Waals surface area contributed by atoms with E-state index in [0.29, 0.717) is 5.91 Å². The van der Waals surface area contributed by atoms with Crippen LogP contribution in [0.2, 0.25) is 0 Å². The molecule has 2 aliphatic rings. The molecule has 0 aromatic heterocycles. The summed E-state index contributed by atoms with van der Waals surface area (Å²) in [4.78, 5) is 16.8. The zero-order valence-electron chi connectivity index (χ0n) is 14.5. The molecule has 0 radical (unpaired) electrons. The zero-order chi connectivity index (χ0) is 15.4. The Hall–Kier alpha value is -0.570. The minimum atomic E-state index is 0.387. The zero-order valence-corrected chi connectivity index (χ0v) is 14.5. The fourth-order valence-electron chi connectivity index (χ4n) is 3.64. The quantitative estimate of drug-likeness (QED) is 0.751. The van der Waals surface area contributed by atoms with Gasteiger partial charge >= 0.3 is 0 Å². The van der Waals surface area contributed by atoms with Crippen LogP contribution in [0.25, 0.3) is 0 Å². The van der Waals surface area contributed by atoms with E-state index in [2.05, 4.69) is 37.5 Å². The summed E-state index contributed by atoms with van der Waals surface area (Å²) in [6, 6.07) is 0. The van der Waals surface area contributed by atoms with Crippen molar-refractivity contribution in [3.05, 3.63) is 0 Å². The van der Waals surface area contributed by atoms with E-state index in [4.69, 9.17) is 0 Å². The van der Waals surface area contributed by atoms with Gasteiger partial charge in [0.2, 0.25) is 5.91 Å². The molecule has 0 spiro atoms. The number of carbonyl (C=O) groups excluding carboxylic acids is 1. The largest absolute Gasteiger partial charge is 0.343 e. The maximum atomic E-state index is 12.2. The monoisotopic (exact) mass is 294 g/mol.